The van der Waals surface area contributed by atoms with Crippen LogP contribution in [0.4, 0.5) is 10.8 Å². The van der Waals surface area contributed by atoms with Crippen molar-refractivity contribution in [3.8, 4) is 0 Å². The molecule has 9 heteroatoms. The van der Waals surface area contributed by atoms with Crippen LogP contribution in [-0.4, -0.2) is 19.3 Å². The smallest absolute Gasteiger partial charge is 0.291 e. The van der Waals surface area contributed by atoms with Crippen molar-refractivity contribution >= 4 is 38.1 Å². The summed E-state index contributed by atoms with van der Waals surface area (Å²) in [7, 11) is -3.74. The fourth-order valence-corrected chi connectivity index (χ4v) is 4.65. The second-order valence-corrected chi connectivity index (χ2v) is 9.43. The maximum absolute atomic E-state index is 12.5. The Balaban J connectivity index is 1.39. The van der Waals surface area contributed by atoms with Crippen LogP contribution in [-0.2, 0) is 16.4 Å². The van der Waals surface area contributed by atoms with Gasteiger partial charge in [0.1, 0.15) is 5.76 Å². The van der Waals surface area contributed by atoms with Gasteiger partial charge in [0.2, 0.25) is 0 Å². The summed E-state index contributed by atoms with van der Waals surface area (Å²) in [6, 6.07) is 17.4. The zero-order chi connectivity index (χ0) is 21.8. The maximum Gasteiger partial charge on any atom is 0.291 e. The van der Waals surface area contributed by atoms with E-state index in [2.05, 4.69) is 15.0 Å². The van der Waals surface area contributed by atoms with E-state index in [4.69, 9.17) is 4.42 Å². The molecule has 2 aromatic carbocycles. The first kappa shape index (κ1) is 20.8. The van der Waals surface area contributed by atoms with Crippen LogP contribution < -0.4 is 10.0 Å². The third-order valence-corrected chi connectivity index (χ3v) is 6.63. The second-order valence-electron chi connectivity index (χ2n) is 6.85. The number of thiazole rings is 1. The third kappa shape index (κ3) is 5.19. The van der Waals surface area contributed by atoms with E-state index in [0.717, 1.165) is 5.56 Å². The minimum atomic E-state index is -3.74. The second kappa shape index (κ2) is 8.75. The number of carbonyl (C=O) groups is 1. The largest absolute Gasteiger partial charge is 0.456 e. The topological polar surface area (TPSA) is 101 Å². The van der Waals surface area contributed by atoms with Gasteiger partial charge in [-0.15, -0.1) is 11.3 Å². The quantitative estimate of drug-likeness (QED) is 0.423. The van der Waals surface area contributed by atoms with E-state index in [-0.39, 0.29) is 15.8 Å². The number of nitrogens with zero attached hydrogens (tertiary/aromatic N) is 1. The lowest BCUT2D eigenvalue weighted by Gasteiger charge is -2.07. The van der Waals surface area contributed by atoms with Crippen molar-refractivity contribution in [3.05, 3.63) is 94.9 Å². The van der Waals surface area contributed by atoms with Gasteiger partial charge in [0.05, 0.1) is 4.90 Å². The van der Waals surface area contributed by atoms with Crippen LogP contribution in [0.3, 0.4) is 0 Å². The highest BCUT2D eigenvalue weighted by atomic mass is 32.2. The summed E-state index contributed by atoms with van der Waals surface area (Å²) in [5, 5.41) is 4.68. The molecule has 0 fully saturated rings. The Hall–Kier alpha value is -3.43. The molecule has 2 aromatic heterocycles. The molecule has 2 N–H and O–H groups in total. The predicted molar refractivity (Wildman–Crippen MR) is 120 cm³/mol. The molecule has 0 aliphatic rings. The van der Waals surface area contributed by atoms with Gasteiger partial charge >= 0.3 is 0 Å². The van der Waals surface area contributed by atoms with Crippen LogP contribution >= 0.6 is 11.3 Å². The number of aromatic nitrogens is 1. The zero-order valence-corrected chi connectivity index (χ0v) is 18.2. The van der Waals surface area contributed by atoms with Crippen molar-refractivity contribution in [3.63, 3.8) is 0 Å². The number of hydrogen-bond donors (Lipinski definition) is 2. The van der Waals surface area contributed by atoms with Gasteiger partial charge in [0.15, 0.2) is 10.9 Å². The first-order chi connectivity index (χ1) is 14.9. The van der Waals surface area contributed by atoms with Crippen molar-refractivity contribution < 1.29 is 17.6 Å². The van der Waals surface area contributed by atoms with Gasteiger partial charge in [-0.25, -0.2) is 13.4 Å². The highest BCUT2D eigenvalue weighted by Gasteiger charge is 2.16. The zero-order valence-electron chi connectivity index (χ0n) is 16.5. The van der Waals surface area contributed by atoms with E-state index in [1.807, 2.05) is 31.2 Å². The standard InChI is InChI=1S/C22H19N3O4S2/c1-15-2-4-16(5-3-15)14-18-8-11-20(29-18)21(26)24-17-6-9-19(10-7-17)31(27,28)25-22-23-12-13-30-22/h2-13H,14H2,1H3,(H,23,25)(H,24,26). The molecule has 31 heavy (non-hydrogen) atoms. The Morgan fingerprint density at radius 2 is 1.77 bits per heavy atom. The molecule has 7 nitrogen and oxygen atoms in total. The highest BCUT2D eigenvalue weighted by molar-refractivity contribution is 7.93. The molecule has 1 amide bonds. The molecule has 0 aliphatic heterocycles. The molecule has 0 radical (unpaired) electrons. The highest BCUT2D eigenvalue weighted by Crippen LogP contribution is 2.20. The van der Waals surface area contributed by atoms with E-state index in [1.165, 1.54) is 47.4 Å². The Bertz CT molecular complexity index is 1280. The first-order valence-corrected chi connectivity index (χ1v) is 11.7. The van der Waals surface area contributed by atoms with E-state index >= 15 is 0 Å². The van der Waals surface area contributed by atoms with Crippen molar-refractivity contribution in [2.45, 2.75) is 18.2 Å². The van der Waals surface area contributed by atoms with Gasteiger partial charge in [-0.05, 0) is 48.9 Å². The minimum Gasteiger partial charge on any atom is -0.456 e. The predicted octanol–water partition coefficient (Wildman–Crippen LogP) is 4.69. The number of benzene rings is 2. The van der Waals surface area contributed by atoms with Crippen molar-refractivity contribution in [2.24, 2.45) is 0 Å². The van der Waals surface area contributed by atoms with Crippen LogP contribution in [0.2, 0.25) is 0 Å². The van der Waals surface area contributed by atoms with Gasteiger partial charge in [0.25, 0.3) is 15.9 Å². The molecular formula is C22H19N3O4S2. The third-order valence-electron chi connectivity index (χ3n) is 4.46. The number of sulfonamides is 1. The molecule has 0 saturated heterocycles. The fourth-order valence-electron chi connectivity index (χ4n) is 2.86. The fraction of sp³-hybridized carbons (Fsp3) is 0.0909. The lowest BCUT2D eigenvalue weighted by molar-refractivity contribution is 0.0995. The maximum atomic E-state index is 12.5. The summed E-state index contributed by atoms with van der Waals surface area (Å²) in [5.41, 5.74) is 2.73. The van der Waals surface area contributed by atoms with Crippen molar-refractivity contribution in [1.82, 2.24) is 4.98 Å². The van der Waals surface area contributed by atoms with E-state index in [9.17, 15) is 13.2 Å². The van der Waals surface area contributed by atoms with Crippen molar-refractivity contribution in [2.75, 3.05) is 10.0 Å². The lowest BCUT2D eigenvalue weighted by Crippen LogP contribution is -2.13. The number of nitrogens with one attached hydrogen (secondary N) is 2. The summed E-state index contributed by atoms with van der Waals surface area (Å²) < 4.78 is 32.8. The average molecular weight is 454 g/mol. The number of furan rings is 1. The molecule has 0 unspecified atom stereocenters. The summed E-state index contributed by atoms with van der Waals surface area (Å²) in [4.78, 5) is 16.5. The SMILES string of the molecule is Cc1ccc(Cc2ccc(C(=O)Nc3ccc(S(=O)(=O)Nc4nccs4)cc3)o2)cc1. The Labute approximate surface area is 183 Å². The molecule has 4 rings (SSSR count). The molecule has 0 atom stereocenters. The number of hydrogen-bond acceptors (Lipinski definition) is 6. The number of amides is 1. The number of aryl methyl sites for hydroxylation is 1. The lowest BCUT2D eigenvalue weighted by atomic mass is 10.1. The molecule has 158 valence electrons. The number of carbonyl (C=O) groups excluding carboxylic acids is 1. The summed E-state index contributed by atoms with van der Waals surface area (Å²) >= 11 is 1.19. The summed E-state index contributed by atoms with van der Waals surface area (Å²) in [6.45, 7) is 2.03. The molecule has 0 bridgehead atoms. The summed E-state index contributed by atoms with van der Waals surface area (Å²) in [6.07, 6.45) is 2.11. The Kier molecular flexibility index (Phi) is 5.88. The molecule has 2 heterocycles. The van der Waals surface area contributed by atoms with Crippen LogP contribution in [0.25, 0.3) is 0 Å². The van der Waals surface area contributed by atoms with E-state index in [0.29, 0.717) is 17.9 Å². The minimum absolute atomic E-state index is 0.0686. The number of anilines is 2. The van der Waals surface area contributed by atoms with Crippen LogP contribution in [0.1, 0.15) is 27.4 Å². The molecular weight excluding hydrogens is 434 g/mol. The monoisotopic (exact) mass is 453 g/mol. The van der Waals surface area contributed by atoms with Gasteiger partial charge in [-0.3, -0.25) is 9.52 Å². The van der Waals surface area contributed by atoms with Gasteiger partial charge in [-0.2, -0.15) is 0 Å². The van der Waals surface area contributed by atoms with E-state index < -0.39 is 15.9 Å². The Morgan fingerprint density at radius 3 is 2.45 bits per heavy atom. The Morgan fingerprint density at radius 1 is 1.03 bits per heavy atom. The molecule has 0 spiro atoms. The number of rotatable bonds is 7. The van der Waals surface area contributed by atoms with Gasteiger partial charge < -0.3 is 9.73 Å². The van der Waals surface area contributed by atoms with Crippen molar-refractivity contribution in [1.29, 1.82) is 0 Å². The van der Waals surface area contributed by atoms with Crippen LogP contribution in [0.15, 0.2) is 81.6 Å². The summed E-state index contributed by atoms with van der Waals surface area (Å²) in [5.74, 6) is 0.458. The molecule has 0 aliphatic carbocycles. The van der Waals surface area contributed by atoms with Crippen LogP contribution in [0, 0.1) is 6.92 Å². The van der Waals surface area contributed by atoms with Gasteiger partial charge in [-0.1, -0.05) is 29.8 Å². The van der Waals surface area contributed by atoms with E-state index in [1.54, 1.807) is 17.5 Å². The molecule has 4 aromatic rings. The first-order valence-electron chi connectivity index (χ1n) is 9.37. The average Bonchev–Trinajstić information content (AvgIpc) is 3.42. The normalized spacial score (nSPS) is 11.3. The molecule has 0 saturated carbocycles. The van der Waals surface area contributed by atoms with Gasteiger partial charge in [0, 0.05) is 23.7 Å². The van der Waals surface area contributed by atoms with Crippen LogP contribution in [0.5, 0.6) is 0 Å².